The molecule has 0 aliphatic carbocycles. The number of ketones is 1. The topological polar surface area (TPSA) is 39.2 Å². The first-order valence-corrected chi connectivity index (χ1v) is 7.02. The molecule has 1 aromatic heterocycles. The molecule has 2 aromatic carbocycles. The van der Waals surface area contributed by atoms with Crippen molar-refractivity contribution in [2.24, 2.45) is 0 Å². The van der Waals surface area contributed by atoms with Gasteiger partial charge in [-0.05, 0) is 55.0 Å². The zero-order valence-corrected chi connectivity index (χ0v) is 12.2. The number of hydrogen-bond acceptors (Lipinski definition) is 3. The number of aromatic nitrogens is 1. The molecular formula is C19H15NO2. The molecule has 0 saturated heterocycles. The van der Waals surface area contributed by atoms with Crippen molar-refractivity contribution in [1.29, 1.82) is 0 Å². The van der Waals surface area contributed by atoms with Gasteiger partial charge < -0.3 is 4.74 Å². The first kappa shape index (κ1) is 14.0. The molecule has 0 fully saturated rings. The van der Waals surface area contributed by atoms with E-state index in [1.165, 1.54) is 0 Å². The minimum Gasteiger partial charge on any atom is -0.457 e. The lowest BCUT2D eigenvalue weighted by Gasteiger charge is -2.07. The molecule has 1 heterocycles. The van der Waals surface area contributed by atoms with Crippen LogP contribution in [0.4, 0.5) is 0 Å². The molecule has 3 rings (SSSR count). The number of carbonyl (C=O) groups excluding carboxylic acids is 1. The van der Waals surface area contributed by atoms with Crippen molar-refractivity contribution < 1.29 is 9.53 Å². The van der Waals surface area contributed by atoms with Crippen LogP contribution in [0.1, 0.15) is 21.5 Å². The van der Waals surface area contributed by atoms with Gasteiger partial charge in [-0.25, -0.2) is 0 Å². The van der Waals surface area contributed by atoms with Crippen LogP contribution in [0.3, 0.4) is 0 Å². The zero-order chi connectivity index (χ0) is 15.4. The highest BCUT2D eigenvalue weighted by Gasteiger charge is 2.11. The van der Waals surface area contributed by atoms with E-state index >= 15 is 0 Å². The van der Waals surface area contributed by atoms with Crippen LogP contribution in [0.25, 0.3) is 0 Å². The summed E-state index contributed by atoms with van der Waals surface area (Å²) < 4.78 is 5.72. The third-order valence-corrected chi connectivity index (χ3v) is 3.38. The van der Waals surface area contributed by atoms with Gasteiger partial charge in [0.15, 0.2) is 5.78 Å². The van der Waals surface area contributed by atoms with Gasteiger partial charge in [0.1, 0.15) is 11.5 Å². The zero-order valence-electron chi connectivity index (χ0n) is 12.2. The van der Waals surface area contributed by atoms with Crippen molar-refractivity contribution in [3.05, 3.63) is 89.7 Å². The van der Waals surface area contributed by atoms with Crippen molar-refractivity contribution in [2.45, 2.75) is 6.92 Å². The maximum absolute atomic E-state index is 12.5. The number of ether oxygens (including phenoxy) is 1. The van der Waals surface area contributed by atoms with E-state index in [0.29, 0.717) is 16.9 Å². The van der Waals surface area contributed by atoms with Crippen LogP contribution >= 0.6 is 0 Å². The number of pyridine rings is 1. The molecule has 0 radical (unpaired) electrons. The molecule has 0 N–H and O–H groups in total. The average molecular weight is 289 g/mol. The van der Waals surface area contributed by atoms with Crippen molar-refractivity contribution in [3.8, 4) is 11.5 Å². The van der Waals surface area contributed by atoms with Crippen molar-refractivity contribution >= 4 is 5.78 Å². The lowest BCUT2D eigenvalue weighted by molar-refractivity contribution is 0.103. The minimum atomic E-state index is -0.0307. The van der Waals surface area contributed by atoms with Crippen molar-refractivity contribution in [1.82, 2.24) is 4.98 Å². The largest absolute Gasteiger partial charge is 0.457 e. The molecule has 0 spiro atoms. The molecule has 0 unspecified atom stereocenters. The normalized spacial score (nSPS) is 10.2. The number of rotatable bonds is 4. The first-order valence-electron chi connectivity index (χ1n) is 7.02. The lowest BCUT2D eigenvalue weighted by atomic mass is 10.0. The fourth-order valence-corrected chi connectivity index (χ4v) is 2.16. The van der Waals surface area contributed by atoms with Gasteiger partial charge in [-0.2, -0.15) is 0 Å². The molecule has 0 aliphatic rings. The Labute approximate surface area is 129 Å². The molecule has 22 heavy (non-hydrogen) atoms. The number of benzene rings is 2. The molecule has 3 aromatic rings. The predicted octanol–water partition coefficient (Wildman–Crippen LogP) is 4.41. The quantitative estimate of drug-likeness (QED) is 0.668. The van der Waals surface area contributed by atoms with Gasteiger partial charge in [0, 0.05) is 23.5 Å². The Balaban J connectivity index is 1.80. The fourth-order valence-electron chi connectivity index (χ4n) is 2.16. The number of hydrogen-bond donors (Lipinski definition) is 0. The summed E-state index contributed by atoms with van der Waals surface area (Å²) in [5, 5.41) is 0. The molecule has 0 amide bonds. The number of aryl methyl sites for hydroxylation is 1. The highest BCUT2D eigenvalue weighted by molar-refractivity contribution is 6.09. The standard InChI is InChI=1S/C19H15NO2/c1-14-11-12-20-13-18(14)19(21)15-7-9-17(10-8-15)22-16-5-3-2-4-6-16/h2-13H,1H3. The SMILES string of the molecule is Cc1ccncc1C(=O)c1ccc(Oc2ccccc2)cc1. The highest BCUT2D eigenvalue weighted by atomic mass is 16.5. The van der Waals surface area contributed by atoms with E-state index < -0.39 is 0 Å². The summed E-state index contributed by atoms with van der Waals surface area (Å²) in [6, 6.07) is 18.5. The number of nitrogens with zero attached hydrogens (tertiary/aromatic N) is 1. The molecule has 0 atom stereocenters. The van der Waals surface area contributed by atoms with E-state index in [0.717, 1.165) is 11.3 Å². The van der Waals surface area contributed by atoms with Crippen molar-refractivity contribution in [2.75, 3.05) is 0 Å². The second kappa shape index (κ2) is 6.22. The minimum absolute atomic E-state index is 0.0307. The van der Waals surface area contributed by atoms with E-state index in [2.05, 4.69) is 4.98 Å². The molecular weight excluding hydrogens is 274 g/mol. The maximum atomic E-state index is 12.5. The Morgan fingerprint density at radius 3 is 2.27 bits per heavy atom. The molecule has 0 saturated carbocycles. The summed E-state index contributed by atoms with van der Waals surface area (Å²) >= 11 is 0. The summed E-state index contributed by atoms with van der Waals surface area (Å²) in [7, 11) is 0. The first-order chi connectivity index (χ1) is 10.7. The van der Waals surface area contributed by atoms with E-state index in [1.807, 2.05) is 43.3 Å². The van der Waals surface area contributed by atoms with Crippen LogP contribution in [0.2, 0.25) is 0 Å². The Morgan fingerprint density at radius 2 is 1.59 bits per heavy atom. The predicted molar refractivity (Wildman–Crippen MR) is 85.4 cm³/mol. The van der Waals surface area contributed by atoms with E-state index in [-0.39, 0.29) is 5.78 Å². The summed E-state index contributed by atoms with van der Waals surface area (Å²) in [6.07, 6.45) is 3.29. The molecule has 3 nitrogen and oxygen atoms in total. The van der Waals surface area contributed by atoms with E-state index in [1.54, 1.807) is 36.7 Å². The Hall–Kier alpha value is -2.94. The molecule has 0 bridgehead atoms. The second-order valence-electron chi connectivity index (χ2n) is 4.96. The summed E-state index contributed by atoms with van der Waals surface area (Å²) in [6.45, 7) is 1.90. The Kier molecular flexibility index (Phi) is 3.97. The monoisotopic (exact) mass is 289 g/mol. The molecule has 108 valence electrons. The van der Waals surface area contributed by atoms with Crippen LogP contribution in [0.15, 0.2) is 73.1 Å². The van der Waals surface area contributed by atoms with Gasteiger partial charge in [0.25, 0.3) is 0 Å². The van der Waals surface area contributed by atoms with Crippen LogP contribution < -0.4 is 4.74 Å². The lowest BCUT2D eigenvalue weighted by Crippen LogP contribution is -2.04. The summed E-state index contributed by atoms with van der Waals surface area (Å²) in [4.78, 5) is 16.5. The third-order valence-electron chi connectivity index (χ3n) is 3.38. The van der Waals surface area contributed by atoms with Gasteiger partial charge in [-0.1, -0.05) is 18.2 Å². The fraction of sp³-hybridized carbons (Fsp3) is 0.0526. The van der Waals surface area contributed by atoms with E-state index in [9.17, 15) is 4.79 Å². The van der Waals surface area contributed by atoms with Crippen molar-refractivity contribution in [3.63, 3.8) is 0 Å². The van der Waals surface area contributed by atoms with Gasteiger partial charge in [0.2, 0.25) is 0 Å². The van der Waals surface area contributed by atoms with Crippen LogP contribution in [0, 0.1) is 6.92 Å². The second-order valence-corrected chi connectivity index (χ2v) is 4.96. The highest BCUT2D eigenvalue weighted by Crippen LogP contribution is 2.22. The Bertz CT molecular complexity index is 780. The number of para-hydroxylation sites is 1. The number of carbonyl (C=O) groups is 1. The Morgan fingerprint density at radius 1 is 0.909 bits per heavy atom. The molecule has 3 heteroatoms. The van der Waals surface area contributed by atoms with E-state index in [4.69, 9.17) is 4.74 Å². The van der Waals surface area contributed by atoms with Gasteiger partial charge >= 0.3 is 0 Å². The van der Waals surface area contributed by atoms with Crippen LogP contribution in [0.5, 0.6) is 11.5 Å². The summed E-state index contributed by atoms with van der Waals surface area (Å²) in [5.41, 5.74) is 2.17. The van der Waals surface area contributed by atoms with Gasteiger partial charge in [0.05, 0.1) is 0 Å². The van der Waals surface area contributed by atoms with Gasteiger partial charge in [-0.3, -0.25) is 9.78 Å². The summed E-state index contributed by atoms with van der Waals surface area (Å²) in [5.74, 6) is 1.44. The molecule has 0 aliphatic heterocycles. The van der Waals surface area contributed by atoms with Gasteiger partial charge in [-0.15, -0.1) is 0 Å². The van der Waals surface area contributed by atoms with Crippen LogP contribution in [-0.2, 0) is 0 Å². The maximum Gasteiger partial charge on any atom is 0.194 e. The third kappa shape index (κ3) is 3.04. The smallest absolute Gasteiger partial charge is 0.194 e. The van der Waals surface area contributed by atoms with Crippen LogP contribution in [-0.4, -0.2) is 10.8 Å². The average Bonchev–Trinajstić information content (AvgIpc) is 2.56.